The second kappa shape index (κ2) is 5.20. The van der Waals surface area contributed by atoms with Crippen LogP contribution in [0.25, 0.3) is 0 Å². The Labute approximate surface area is 138 Å². The van der Waals surface area contributed by atoms with Gasteiger partial charge < -0.3 is 4.57 Å². The first-order valence-corrected chi connectivity index (χ1v) is 8.40. The summed E-state index contributed by atoms with van der Waals surface area (Å²) >= 11 is 3.49. The molecule has 4 rings (SSSR count). The van der Waals surface area contributed by atoms with Gasteiger partial charge in [0.05, 0.1) is 0 Å². The summed E-state index contributed by atoms with van der Waals surface area (Å²) in [4.78, 5) is 17.3. The van der Waals surface area contributed by atoms with Gasteiger partial charge in [0.1, 0.15) is 0 Å². The summed E-state index contributed by atoms with van der Waals surface area (Å²) in [5, 5.41) is 0. The average Bonchev–Trinajstić information content (AvgIpc) is 3.22. The molecule has 2 aliphatic rings. The van der Waals surface area contributed by atoms with Crippen molar-refractivity contribution in [2.45, 2.75) is 12.3 Å². The molecule has 4 atom stereocenters. The van der Waals surface area contributed by atoms with Crippen molar-refractivity contribution in [1.29, 1.82) is 0 Å². The van der Waals surface area contributed by atoms with E-state index in [4.69, 9.17) is 0 Å². The van der Waals surface area contributed by atoms with Crippen molar-refractivity contribution in [2.24, 2.45) is 24.8 Å². The van der Waals surface area contributed by atoms with Gasteiger partial charge in [-0.15, -0.1) is 0 Å². The second-order valence-corrected chi connectivity index (χ2v) is 7.19. The number of rotatable bonds is 3. The van der Waals surface area contributed by atoms with Crippen molar-refractivity contribution < 1.29 is 4.79 Å². The molecule has 2 aromatic rings. The second-order valence-electron chi connectivity index (χ2n) is 6.28. The molecule has 0 saturated heterocycles. The third-order valence-corrected chi connectivity index (χ3v) is 5.59. The Hall–Kier alpha value is -1.68. The lowest BCUT2D eigenvalue weighted by molar-refractivity contribution is 0.0872. The molecule has 3 nitrogen and oxygen atoms in total. The van der Waals surface area contributed by atoms with Crippen LogP contribution < -0.4 is 0 Å². The maximum absolute atomic E-state index is 13.0. The fourth-order valence-corrected chi connectivity index (χ4v) is 4.34. The zero-order chi connectivity index (χ0) is 15.3. The Bertz CT molecular complexity index is 747. The van der Waals surface area contributed by atoms with E-state index in [0.29, 0.717) is 17.7 Å². The number of ketones is 1. The van der Waals surface area contributed by atoms with Crippen molar-refractivity contribution >= 4 is 21.7 Å². The first-order chi connectivity index (χ1) is 10.6. The van der Waals surface area contributed by atoms with Gasteiger partial charge in [-0.05, 0) is 36.0 Å². The van der Waals surface area contributed by atoms with Crippen molar-refractivity contribution in [3.8, 4) is 0 Å². The molecule has 1 heterocycles. The van der Waals surface area contributed by atoms with Crippen LogP contribution >= 0.6 is 15.9 Å². The standard InChI is InChI=1S/C18H17BrN2O/c1-21-9-8-20-18(21)17(22)16-13-3-2-12(10-13)15(16)11-4-6-14(19)7-5-11/h2-9,12-13,15-16H,10H2,1H3. The highest BCUT2D eigenvalue weighted by atomic mass is 79.9. The third-order valence-electron chi connectivity index (χ3n) is 5.06. The van der Waals surface area contributed by atoms with Crippen LogP contribution in [0, 0.1) is 17.8 Å². The van der Waals surface area contributed by atoms with E-state index >= 15 is 0 Å². The van der Waals surface area contributed by atoms with E-state index in [2.05, 4.69) is 57.3 Å². The molecular weight excluding hydrogens is 340 g/mol. The monoisotopic (exact) mass is 356 g/mol. The van der Waals surface area contributed by atoms with Gasteiger partial charge in [0.2, 0.25) is 5.78 Å². The van der Waals surface area contributed by atoms with Gasteiger partial charge in [-0.1, -0.05) is 40.2 Å². The van der Waals surface area contributed by atoms with Gasteiger partial charge in [0, 0.05) is 35.7 Å². The number of carbonyl (C=O) groups is 1. The van der Waals surface area contributed by atoms with E-state index in [-0.39, 0.29) is 17.6 Å². The lowest BCUT2D eigenvalue weighted by atomic mass is 9.76. The first-order valence-electron chi connectivity index (χ1n) is 7.60. The maximum atomic E-state index is 13.0. The van der Waals surface area contributed by atoms with Crippen molar-refractivity contribution in [3.05, 3.63) is 64.7 Å². The minimum Gasteiger partial charge on any atom is -0.332 e. The van der Waals surface area contributed by atoms with Gasteiger partial charge in [-0.25, -0.2) is 4.98 Å². The summed E-state index contributed by atoms with van der Waals surface area (Å²) in [6, 6.07) is 8.41. The lowest BCUT2D eigenvalue weighted by Crippen LogP contribution is -2.28. The van der Waals surface area contributed by atoms with Crippen LogP contribution in [0.5, 0.6) is 0 Å². The number of hydrogen-bond acceptors (Lipinski definition) is 2. The van der Waals surface area contributed by atoms with E-state index in [1.54, 1.807) is 6.20 Å². The average molecular weight is 357 g/mol. The summed E-state index contributed by atoms with van der Waals surface area (Å²) in [5.41, 5.74) is 1.26. The van der Waals surface area contributed by atoms with E-state index in [1.165, 1.54) is 5.56 Å². The highest BCUT2D eigenvalue weighted by molar-refractivity contribution is 9.10. The molecule has 1 fully saturated rings. The molecule has 4 unspecified atom stereocenters. The smallest absolute Gasteiger partial charge is 0.202 e. The number of aromatic nitrogens is 2. The molecule has 1 saturated carbocycles. The number of aryl methyl sites for hydroxylation is 1. The third kappa shape index (κ3) is 2.09. The predicted molar refractivity (Wildman–Crippen MR) is 88.6 cm³/mol. The molecule has 0 amide bonds. The highest BCUT2D eigenvalue weighted by Gasteiger charge is 2.49. The number of hydrogen-bond donors (Lipinski definition) is 0. The number of benzene rings is 1. The highest BCUT2D eigenvalue weighted by Crippen LogP contribution is 2.53. The topological polar surface area (TPSA) is 34.9 Å². The molecule has 22 heavy (non-hydrogen) atoms. The molecule has 0 spiro atoms. The summed E-state index contributed by atoms with van der Waals surface area (Å²) in [6.07, 6.45) is 9.14. The van der Waals surface area contributed by atoms with E-state index < -0.39 is 0 Å². The molecule has 0 aliphatic heterocycles. The Kier molecular flexibility index (Phi) is 3.30. The van der Waals surface area contributed by atoms with E-state index in [0.717, 1.165) is 10.9 Å². The van der Waals surface area contributed by atoms with Crippen LogP contribution in [0.4, 0.5) is 0 Å². The SMILES string of the molecule is Cn1ccnc1C(=O)C1C2C=CC(C2)C1c1ccc(Br)cc1. The van der Waals surface area contributed by atoms with Gasteiger partial charge >= 0.3 is 0 Å². The first kappa shape index (κ1) is 13.9. The largest absolute Gasteiger partial charge is 0.332 e. The van der Waals surface area contributed by atoms with Gasteiger partial charge in [0.25, 0.3) is 0 Å². The fraction of sp³-hybridized carbons (Fsp3) is 0.333. The Morgan fingerprint density at radius 2 is 1.95 bits per heavy atom. The molecule has 1 aromatic carbocycles. The molecule has 0 N–H and O–H groups in total. The maximum Gasteiger partial charge on any atom is 0.202 e. The lowest BCUT2D eigenvalue weighted by Gasteiger charge is -2.27. The summed E-state index contributed by atoms with van der Waals surface area (Å²) < 4.78 is 2.90. The quantitative estimate of drug-likeness (QED) is 0.615. The van der Waals surface area contributed by atoms with Crippen molar-refractivity contribution in [2.75, 3.05) is 0 Å². The summed E-state index contributed by atoms with van der Waals surface area (Å²) in [5.74, 6) is 1.86. The predicted octanol–water partition coefficient (Wildman–Crippen LogP) is 3.97. The molecule has 0 radical (unpaired) electrons. The molecule has 2 bridgehead atoms. The number of nitrogens with zero attached hydrogens (tertiary/aromatic N) is 2. The Balaban J connectivity index is 1.73. The normalized spacial score (nSPS) is 29.2. The zero-order valence-electron chi connectivity index (χ0n) is 12.3. The van der Waals surface area contributed by atoms with Crippen LogP contribution in [0.3, 0.4) is 0 Å². The fourth-order valence-electron chi connectivity index (χ4n) is 4.07. The van der Waals surface area contributed by atoms with Gasteiger partial charge in [-0.2, -0.15) is 0 Å². The van der Waals surface area contributed by atoms with Crippen molar-refractivity contribution in [1.82, 2.24) is 9.55 Å². The molecular formula is C18H17BrN2O. The van der Waals surface area contributed by atoms with Crippen LogP contribution in [-0.4, -0.2) is 15.3 Å². The van der Waals surface area contributed by atoms with Crippen LogP contribution in [0.15, 0.2) is 53.3 Å². The number of fused-ring (bicyclic) bond motifs is 2. The molecule has 112 valence electrons. The van der Waals surface area contributed by atoms with Crippen molar-refractivity contribution in [3.63, 3.8) is 0 Å². The number of carbonyl (C=O) groups excluding carboxylic acids is 1. The van der Waals surface area contributed by atoms with Crippen LogP contribution in [0.2, 0.25) is 0 Å². The number of Topliss-reactive ketones (excluding diaryl/α,β-unsaturated/α-hetero) is 1. The molecule has 1 aromatic heterocycles. The Morgan fingerprint density at radius 1 is 1.23 bits per heavy atom. The molecule has 2 aliphatic carbocycles. The van der Waals surface area contributed by atoms with E-state index in [9.17, 15) is 4.79 Å². The summed E-state index contributed by atoms with van der Waals surface area (Å²) in [6.45, 7) is 0. The van der Waals surface area contributed by atoms with Crippen LogP contribution in [-0.2, 0) is 7.05 Å². The Morgan fingerprint density at radius 3 is 2.64 bits per heavy atom. The minimum absolute atomic E-state index is 0.0114. The van der Waals surface area contributed by atoms with Gasteiger partial charge in [0.15, 0.2) is 5.82 Å². The number of imidazole rings is 1. The van der Waals surface area contributed by atoms with E-state index in [1.807, 2.05) is 17.8 Å². The summed E-state index contributed by atoms with van der Waals surface area (Å²) in [7, 11) is 1.89. The molecule has 4 heteroatoms. The van der Waals surface area contributed by atoms with Crippen LogP contribution in [0.1, 0.15) is 28.5 Å². The minimum atomic E-state index is 0.0114. The zero-order valence-corrected chi connectivity index (χ0v) is 13.9. The number of halogens is 1. The van der Waals surface area contributed by atoms with Gasteiger partial charge in [-0.3, -0.25) is 4.79 Å². The number of allylic oxidation sites excluding steroid dienone is 2.